The fraction of sp³-hybridized carbons (Fsp3) is 0.209. The van der Waals surface area contributed by atoms with Crippen molar-refractivity contribution < 1.29 is 0 Å². The standard InChI is InChI=1S/C43H34N4/c1-27-24-28-18-23-33(25-28)43(27)37-16-8-7-14-35(37)39-36(15-9-17-38(39)43)42-46-40(30-10-3-2-4-11-30)45-41(47-42)31-21-19-29(20-22-31)34-13-6-5-12-32(34)26-44/h2-17,19-22,27-28,33H,18,23-25H2,1H3/t27-,28+,33+,43?/m1/s1. The van der Waals surface area contributed by atoms with Gasteiger partial charge in [-0.15, -0.1) is 0 Å². The molecule has 1 aromatic heterocycles. The van der Waals surface area contributed by atoms with Crippen LogP contribution in [0.3, 0.4) is 0 Å². The average molecular weight is 607 g/mol. The molecule has 1 spiro atoms. The largest absolute Gasteiger partial charge is 0.208 e. The highest BCUT2D eigenvalue weighted by atomic mass is 15.0. The first kappa shape index (κ1) is 27.9. The summed E-state index contributed by atoms with van der Waals surface area (Å²) in [4.78, 5) is 15.4. The minimum Gasteiger partial charge on any atom is -0.208 e. The van der Waals surface area contributed by atoms with E-state index in [-0.39, 0.29) is 5.41 Å². The van der Waals surface area contributed by atoms with E-state index in [1.54, 1.807) is 0 Å². The van der Waals surface area contributed by atoms with E-state index < -0.39 is 0 Å². The van der Waals surface area contributed by atoms with Gasteiger partial charge in [-0.1, -0.05) is 129 Å². The molecule has 0 saturated heterocycles. The van der Waals surface area contributed by atoms with Crippen LogP contribution in [0.1, 0.15) is 49.3 Å². The summed E-state index contributed by atoms with van der Waals surface area (Å²) in [7, 11) is 0. The fourth-order valence-electron chi connectivity index (χ4n) is 9.32. The van der Waals surface area contributed by atoms with Gasteiger partial charge in [-0.05, 0) is 76.5 Å². The van der Waals surface area contributed by atoms with Crippen LogP contribution in [0.15, 0.2) is 121 Å². The maximum atomic E-state index is 9.67. The van der Waals surface area contributed by atoms with Gasteiger partial charge in [-0.2, -0.15) is 5.26 Å². The highest BCUT2D eigenvalue weighted by molar-refractivity contribution is 5.92. The lowest BCUT2D eigenvalue weighted by atomic mass is 9.56. The smallest absolute Gasteiger partial charge is 0.164 e. The molecule has 4 nitrogen and oxygen atoms in total. The van der Waals surface area contributed by atoms with Crippen LogP contribution in [0.4, 0.5) is 0 Å². The summed E-state index contributed by atoms with van der Waals surface area (Å²) in [6.45, 7) is 2.50. The lowest BCUT2D eigenvalue weighted by Crippen LogP contribution is -2.43. The second kappa shape index (κ2) is 10.9. The number of aromatic nitrogens is 3. The van der Waals surface area contributed by atoms with E-state index in [0.717, 1.165) is 33.7 Å². The summed E-state index contributed by atoms with van der Waals surface area (Å²) in [5, 5.41) is 9.67. The van der Waals surface area contributed by atoms with E-state index in [9.17, 15) is 5.26 Å². The summed E-state index contributed by atoms with van der Waals surface area (Å²) in [6, 6.07) is 44.4. The zero-order chi connectivity index (χ0) is 31.5. The Morgan fingerprint density at radius 2 is 1.19 bits per heavy atom. The molecule has 226 valence electrons. The third-order valence-corrected chi connectivity index (χ3v) is 11.2. The molecule has 0 amide bonds. The summed E-state index contributed by atoms with van der Waals surface area (Å²) in [5.41, 5.74) is 11.1. The van der Waals surface area contributed by atoms with Crippen molar-refractivity contribution >= 4 is 0 Å². The Balaban J connectivity index is 1.23. The Bertz CT molecular complexity index is 2200. The fourth-order valence-corrected chi connectivity index (χ4v) is 9.32. The van der Waals surface area contributed by atoms with Gasteiger partial charge in [0.2, 0.25) is 0 Å². The van der Waals surface area contributed by atoms with Crippen molar-refractivity contribution in [3.8, 4) is 62.5 Å². The first-order valence-electron chi connectivity index (χ1n) is 16.8. The lowest BCUT2D eigenvalue weighted by molar-refractivity contribution is 0.162. The van der Waals surface area contributed by atoms with Gasteiger partial charge in [0.1, 0.15) is 0 Å². The third-order valence-electron chi connectivity index (χ3n) is 11.2. The van der Waals surface area contributed by atoms with Crippen molar-refractivity contribution in [2.75, 3.05) is 0 Å². The van der Waals surface area contributed by atoms with Gasteiger partial charge in [-0.25, -0.2) is 15.0 Å². The molecule has 1 heterocycles. The Kier molecular flexibility index (Phi) is 6.43. The van der Waals surface area contributed by atoms with E-state index in [2.05, 4.69) is 91.9 Å². The van der Waals surface area contributed by atoms with Gasteiger partial charge in [-0.3, -0.25) is 0 Å². The number of benzene rings is 5. The second-order valence-electron chi connectivity index (χ2n) is 13.6. The average Bonchev–Trinajstić information content (AvgIpc) is 3.68. The molecule has 3 aliphatic rings. The van der Waals surface area contributed by atoms with Crippen LogP contribution >= 0.6 is 0 Å². The summed E-state index contributed by atoms with van der Waals surface area (Å²) in [6.07, 6.45) is 5.27. The van der Waals surface area contributed by atoms with Crippen molar-refractivity contribution in [2.24, 2.45) is 17.8 Å². The van der Waals surface area contributed by atoms with Crippen LogP contribution in [0.25, 0.3) is 56.4 Å². The Morgan fingerprint density at radius 3 is 1.98 bits per heavy atom. The summed E-state index contributed by atoms with van der Waals surface area (Å²) >= 11 is 0. The van der Waals surface area contributed by atoms with Crippen LogP contribution in [0, 0.1) is 29.1 Å². The molecule has 1 unspecified atom stereocenters. The highest BCUT2D eigenvalue weighted by Gasteiger charge is 2.57. The molecule has 2 bridgehead atoms. The number of hydrogen-bond acceptors (Lipinski definition) is 4. The highest BCUT2D eigenvalue weighted by Crippen LogP contribution is 2.65. The Morgan fingerprint density at radius 1 is 0.574 bits per heavy atom. The second-order valence-corrected chi connectivity index (χ2v) is 13.6. The number of hydrogen-bond donors (Lipinski definition) is 0. The maximum absolute atomic E-state index is 9.67. The SMILES string of the molecule is C[C@@H]1C[C@@H]2CC[C@@H](C2)C12c1ccccc1-c1c(-c3nc(-c4ccccc4)nc(-c4ccc(-c5ccccc5C#N)cc4)n3)cccc12. The van der Waals surface area contributed by atoms with E-state index in [0.29, 0.717) is 34.9 Å². The third kappa shape index (κ3) is 4.23. The first-order chi connectivity index (χ1) is 23.1. The Hall–Kier alpha value is -5.40. The number of fused-ring (bicyclic) bond motifs is 8. The number of nitriles is 1. The van der Waals surface area contributed by atoms with Crippen LogP contribution in [-0.2, 0) is 5.41 Å². The molecule has 5 aromatic carbocycles. The van der Waals surface area contributed by atoms with Crippen molar-refractivity contribution in [1.82, 2.24) is 15.0 Å². The minimum atomic E-state index is 0.0304. The number of nitrogens with zero attached hydrogens (tertiary/aromatic N) is 4. The predicted molar refractivity (Wildman–Crippen MR) is 187 cm³/mol. The van der Waals surface area contributed by atoms with E-state index in [1.165, 1.54) is 47.9 Å². The quantitative estimate of drug-likeness (QED) is 0.200. The maximum Gasteiger partial charge on any atom is 0.164 e. The van der Waals surface area contributed by atoms with Crippen LogP contribution in [0.5, 0.6) is 0 Å². The van der Waals surface area contributed by atoms with Crippen LogP contribution < -0.4 is 0 Å². The molecule has 2 saturated carbocycles. The van der Waals surface area contributed by atoms with Gasteiger partial charge in [0.15, 0.2) is 17.5 Å². The zero-order valence-electron chi connectivity index (χ0n) is 26.4. The molecular formula is C43H34N4. The molecule has 47 heavy (non-hydrogen) atoms. The topological polar surface area (TPSA) is 62.5 Å². The molecular weight excluding hydrogens is 573 g/mol. The molecule has 9 rings (SSSR count). The van der Waals surface area contributed by atoms with Crippen molar-refractivity contribution in [1.29, 1.82) is 5.26 Å². The van der Waals surface area contributed by atoms with Crippen LogP contribution in [0.2, 0.25) is 0 Å². The molecule has 6 aromatic rings. The molecule has 0 aliphatic heterocycles. The van der Waals surface area contributed by atoms with E-state index >= 15 is 0 Å². The van der Waals surface area contributed by atoms with Crippen molar-refractivity contribution in [3.05, 3.63) is 138 Å². The van der Waals surface area contributed by atoms with E-state index in [4.69, 9.17) is 15.0 Å². The molecule has 0 N–H and O–H groups in total. The number of rotatable bonds is 4. The van der Waals surface area contributed by atoms with Gasteiger partial charge in [0, 0.05) is 22.1 Å². The van der Waals surface area contributed by atoms with Gasteiger partial charge >= 0.3 is 0 Å². The Labute approximate surface area is 275 Å². The first-order valence-corrected chi connectivity index (χ1v) is 16.8. The predicted octanol–water partition coefficient (Wildman–Crippen LogP) is 10.1. The van der Waals surface area contributed by atoms with Gasteiger partial charge in [0.25, 0.3) is 0 Å². The monoisotopic (exact) mass is 606 g/mol. The molecule has 3 aliphatic carbocycles. The molecule has 2 fully saturated rings. The summed E-state index contributed by atoms with van der Waals surface area (Å²) in [5.74, 6) is 4.09. The normalized spacial score (nSPS) is 22.1. The van der Waals surface area contributed by atoms with Crippen LogP contribution in [-0.4, -0.2) is 15.0 Å². The lowest BCUT2D eigenvalue weighted by Gasteiger charge is -2.46. The molecule has 0 radical (unpaired) electrons. The van der Waals surface area contributed by atoms with Crippen molar-refractivity contribution in [3.63, 3.8) is 0 Å². The summed E-state index contributed by atoms with van der Waals surface area (Å²) < 4.78 is 0. The zero-order valence-corrected chi connectivity index (χ0v) is 26.4. The van der Waals surface area contributed by atoms with Crippen molar-refractivity contribution in [2.45, 2.75) is 38.0 Å². The minimum absolute atomic E-state index is 0.0304. The van der Waals surface area contributed by atoms with E-state index in [1.807, 2.05) is 42.5 Å². The van der Waals surface area contributed by atoms with Gasteiger partial charge < -0.3 is 0 Å². The molecule has 4 heteroatoms. The van der Waals surface area contributed by atoms with Gasteiger partial charge in [0.05, 0.1) is 11.6 Å². The molecule has 4 atom stereocenters.